The number of anilines is 1. The lowest BCUT2D eigenvalue weighted by Crippen LogP contribution is -2.20. The molecule has 3 aromatic rings. The van der Waals surface area contributed by atoms with E-state index in [0.717, 1.165) is 11.9 Å². The number of rotatable bonds is 7. The van der Waals surface area contributed by atoms with E-state index in [2.05, 4.69) is 20.0 Å². The maximum atomic E-state index is 12.4. The Labute approximate surface area is 174 Å². The van der Waals surface area contributed by atoms with E-state index in [9.17, 15) is 18.0 Å². The number of ether oxygens (including phenoxy) is 2. The fourth-order valence-electron chi connectivity index (χ4n) is 2.31. The predicted octanol–water partition coefficient (Wildman–Crippen LogP) is 4.90. The van der Waals surface area contributed by atoms with E-state index in [0.29, 0.717) is 11.4 Å². The highest BCUT2D eigenvalue weighted by atomic mass is 35.5. The monoisotopic (exact) mass is 437 g/mol. The van der Waals surface area contributed by atoms with Crippen LogP contribution in [0.4, 0.5) is 18.9 Å². The van der Waals surface area contributed by atoms with Crippen molar-refractivity contribution in [1.29, 1.82) is 0 Å². The lowest BCUT2D eigenvalue weighted by molar-refractivity contribution is -0.154. The van der Waals surface area contributed by atoms with Crippen LogP contribution in [0.1, 0.15) is 16.1 Å². The van der Waals surface area contributed by atoms with E-state index in [-0.39, 0.29) is 17.2 Å². The summed E-state index contributed by atoms with van der Waals surface area (Å²) in [5.41, 5.74) is 1.26. The molecule has 0 aliphatic carbocycles. The van der Waals surface area contributed by atoms with Crippen LogP contribution < -0.4 is 14.8 Å². The standard InChI is InChI=1S/C20H15ClF3N3O3/c21-17-8-13(10-26-19(17)30-12-20(22,23)24)18(28)27-14-5-3-6-16(9-14)29-11-15-4-1-2-7-25-15/h1-10H,11-12H2,(H,27,28). The SMILES string of the molecule is O=C(Nc1cccc(OCc2ccccn2)c1)c1cnc(OCC(F)(F)F)c(Cl)c1. The molecule has 6 nitrogen and oxygen atoms in total. The molecule has 0 saturated heterocycles. The van der Waals surface area contributed by atoms with Crippen molar-refractivity contribution >= 4 is 23.2 Å². The molecule has 0 aliphatic rings. The van der Waals surface area contributed by atoms with Crippen LogP contribution in [0.15, 0.2) is 60.9 Å². The van der Waals surface area contributed by atoms with E-state index in [1.165, 1.54) is 6.07 Å². The lowest BCUT2D eigenvalue weighted by Gasteiger charge is -2.11. The first-order valence-electron chi connectivity index (χ1n) is 8.59. The molecule has 1 N–H and O–H groups in total. The van der Waals surface area contributed by atoms with E-state index in [4.69, 9.17) is 16.3 Å². The van der Waals surface area contributed by atoms with Crippen LogP contribution in [0.2, 0.25) is 5.02 Å². The molecule has 0 atom stereocenters. The van der Waals surface area contributed by atoms with Crippen molar-refractivity contribution in [3.63, 3.8) is 0 Å². The number of aromatic nitrogens is 2. The molecule has 0 bridgehead atoms. The van der Waals surface area contributed by atoms with Crippen LogP contribution >= 0.6 is 11.6 Å². The second-order valence-corrected chi connectivity index (χ2v) is 6.41. The molecule has 3 rings (SSSR count). The minimum Gasteiger partial charge on any atom is -0.487 e. The number of nitrogens with zero attached hydrogens (tertiary/aromatic N) is 2. The zero-order valence-electron chi connectivity index (χ0n) is 15.3. The van der Waals surface area contributed by atoms with Gasteiger partial charge in [-0.15, -0.1) is 0 Å². The fourth-order valence-corrected chi connectivity index (χ4v) is 2.53. The molecule has 2 heterocycles. The van der Waals surface area contributed by atoms with Gasteiger partial charge in [-0.05, 0) is 30.3 Å². The van der Waals surface area contributed by atoms with Crippen molar-refractivity contribution in [3.8, 4) is 11.6 Å². The minimum atomic E-state index is -4.52. The number of hydrogen-bond donors (Lipinski definition) is 1. The highest BCUT2D eigenvalue weighted by Gasteiger charge is 2.29. The summed E-state index contributed by atoms with van der Waals surface area (Å²) in [5, 5.41) is 2.44. The molecule has 1 amide bonds. The number of alkyl halides is 3. The number of carbonyl (C=O) groups excluding carboxylic acids is 1. The Balaban J connectivity index is 1.62. The number of pyridine rings is 2. The Morgan fingerprint density at radius 3 is 2.60 bits per heavy atom. The molecule has 0 radical (unpaired) electrons. The normalized spacial score (nSPS) is 11.1. The van der Waals surface area contributed by atoms with Gasteiger partial charge in [0.15, 0.2) is 6.61 Å². The van der Waals surface area contributed by atoms with Gasteiger partial charge in [-0.2, -0.15) is 13.2 Å². The van der Waals surface area contributed by atoms with Gasteiger partial charge in [0.2, 0.25) is 5.88 Å². The minimum absolute atomic E-state index is 0.0548. The molecule has 10 heteroatoms. The number of carbonyl (C=O) groups is 1. The van der Waals surface area contributed by atoms with Crippen LogP contribution in [0.5, 0.6) is 11.6 Å². The summed E-state index contributed by atoms with van der Waals surface area (Å²) in [7, 11) is 0. The molecule has 30 heavy (non-hydrogen) atoms. The summed E-state index contributed by atoms with van der Waals surface area (Å²) in [6, 6.07) is 13.3. The Hall–Kier alpha value is -3.33. The van der Waals surface area contributed by atoms with Crippen molar-refractivity contribution in [3.05, 3.63) is 77.2 Å². The summed E-state index contributed by atoms with van der Waals surface area (Å²) in [6.45, 7) is -1.27. The van der Waals surface area contributed by atoms with Crippen molar-refractivity contribution in [1.82, 2.24) is 9.97 Å². The zero-order valence-corrected chi connectivity index (χ0v) is 16.1. The van der Waals surface area contributed by atoms with Gasteiger partial charge in [-0.3, -0.25) is 9.78 Å². The van der Waals surface area contributed by atoms with Gasteiger partial charge in [0.05, 0.1) is 11.3 Å². The molecular weight excluding hydrogens is 423 g/mol. The largest absolute Gasteiger partial charge is 0.487 e. The van der Waals surface area contributed by atoms with Crippen LogP contribution in [-0.2, 0) is 6.61 Å². The van der Waals surface area contributed by atoms with Gasteiger partial charge < -0.3 is 14.8 Å². The van der Waals surface area contributed by atoms with E-state index in [1.807, 2.05) is 12.1 Å². The van der Waals surface area contributed by atoms with Gasteiger partial charge in [-0.1, -0.05) is 23.7 Å². The topological polar surface area (TPSA) is 73.3 Å². The van der Waals surface area contributed by atoms with Gasteiger partial charge in [-0.25, -0.2) is 4.98 Å². The molecule has 0 spiro atoms. The number of benzene rings is 1. The Kier molecular flexibility index (Phi) is 6.73. The summed E-state index contributed by atoms with van der Waals surface area (Å²) >= 11 is 5.87. The number of amides is 1. The quantitative estimate of drug-likeness (QED) is 0.569. The molecule has 0 aliphatic heterocycles. The summed E-state index contributed by atoms with van der Waals surface area (Å²) in [6.07, 6.45) is -1.78. The Morgan fingerprint density at radius 1 is 1.07 bits per heavy atom. The second-order valence-electron chi connectivity index (χ2n) is 6.01. The highest BCUT2D eigenvalue weighted by molar-refractivity contribution is 6.32. The van der Waals surface area contributed by atoms with E-state index < -0.39 is 24.6 Å². The van der Waals surface area contributed by atoms with Crippen LogP contribution in [-0.4, -0.2) is 28.7 Å². The van der Waals surface area contributed by atoms with Crippen LogP contribution in [0, 0.1) is 0 Å². The molecular formula is C20H15ClF3N3O3. The number of hydrogen-bond acceptors (Lipinski definition) is 5. The first-order valence-corrected chi connectivity index (χ1v) is 8.97. The van der Waals surface area contributed by atoms with Gasteiger partial charge in [0.1, 0.15) is 17.4 Å². The first-order chi connectivity index (χ1) is 14.3. The van der Waals surface area contributed by atoms with Crippen molar-refractivity contribution in [2.45, 2.75) is 12.8 Å². The number of nitrogens with one attached hydrogen (secondary N) is 1. The zero-order chi connectivity index (χ0) is 21.6. The average molecular weight is 438 g/mol. The summed E-state index contributed by atoms with van der Waals surface area (Å²) < 4.78 is 46.9. The third kappa shape index (κ3) is 6.35. The van der Waals surface area contributed by atoms with Gasteiger partial charge in [0.25, 0.3) is 5.91 Å². The van der Waals surface area contributed by atoms with Crippen LogP contribution in [0.25, 0.3) is 0 Å². The van der Waals surface area contributed by atoms with Gasteiger partial charge >= 0.3 is 6.18 Å². The van der Waals surface area contributed by atoms with Crippen LogP contribution in [0.3, 0.4) is 0 Å². The third-order valence-corrected chi connectivity index (χ3v) is 3.92. The second kappa shape index (κ2) is 9.45. The average Bonchev–Trinajstić information content (AvgIpc) is 2.71. The summed E-state index contributed by atoms with van der Waals surface area (Å²) in [5.74, 6) is -0.436. The lowest BCUT2D eigenvalue weighted by atomic mass is 10.2. The van der Waals surface area contributed by atoms with Crippen molar-refractivity contribution in [2.75, 3.05) is 11.9 Å². The molecule has 156 valence electrons. The van der Waals surface area contributed by atoms with Gasteiger partial charge in [0, 0.05) is 24.1 Å². The Bertz CT molecular complexity index is 1020. The summed E-state index contributed by atoms with van der Waals surface area (Å²) in [4.78, 5) is 20.2. The molecule has 0 saturated carbocycles. The van der Waals surface area contributed by atoms with E-state index >= 15 is 0 Å². The molecule has 0 fully saturated rings. The van der Waals surface area contributed by atoms with Crippen molar-refractivity contribution in [2.24, 2.45) is 0 Å². The first kappa shape index (κ1) is 21.4. The highest BCUT2D eigenvalue weighted by Crippen LogP contribution is 2.26. The molecule has 2 aromatic heterocycles. The maximum absolute atomic E-state index is 12.4. The third-order valence-electron chi connectivity index (χ3n) is 3.65. The molecule has 1 aromatic carbocycles. The van der Waals surface area contributed by atoms with Crippen molar-refractivity contribution < 1.29 is 27.4 Å². The Morgan fingerprint density at radius 2 is 1.90 bits per heavy atom. The smallest absolute Gasteiger partial charge is 0.422 e. The fraction of sp³-hybridized carbons (Fsp3) is 0.150. The van der Waals surface area contributed by atoms with E-state index in [1.54, 1.807) is 36.5 Å². The maximum Gasteiger partial charge on any atom is 0.422 e. The number of halogens is 4. The molecule has 0 unspecified atom stereocenters. The predicted molar refractivity (Wildman–Crippen MR) is 104 cm³/mol.